The van der Waals surface area contributed by atoms with Crippen LogP contribution in [0.5, 0.6) is 5.75 Å². The van der Waals surface area contributed by atoms with Gasteiger partial charge in [-0.1, -0.05) is 12.5 Å². The SMILES string of the molecule is Nc1c(OCCN2CCCCC2)cccc1C(=O)O. The van der Waals surface area contributed by atoms with Gasteiger partial charge in [0, 0.05) is 6.54 Å². The van der Waals surface area contributed by atoms with E-state index >= 15 is 0 Å². The van der Waals surface area contributed by atoms with Crippen molar-refractivity contribution in [3.05, 3.63) is 23.8 Å². The van der Waals surface area contributed by atoms with Gasteiger partial charge in [0.2, 0.25) is 0 Å². The summed E-state index contributed by atoms with van der Waals surface area (Å²) in [5, 5.41) is 8.98. The van der Waals surface area contributed by atoms with Crippen molar-refractivity contribution in [3.8, 4) is 5.75 Å². The van der Waals surface area contributed by atoms with Gasteiger partial charge in [-0.05, 0) is 38.1 Å². The molecule has 0 amide bonds. The monoisotopic (exact) mass is 264 g/mol. The summed E-state index contributed by atoms with van der Waals surface area (Å²) in [6, 6.07) is 4.84. The number of piperidine rings is 1. The van der Waals surface area contributed by atoms with Gasteiger partial charge in [-0.2, -0.15) is 0 Å². The number of rotatable bonds is 5. The van der Waals surface area contributed by atoms with E-state index in [0.717, 1.165) is 19.6 Å². The van der Waals surface area contributed by atoms with Gasteiger partial charge in [-0.15, -0.1) is 0 Å². The number of carbonyl (C=O) groups is 1. The number of likely N-dealkylation sites (tertiary alicyclic amines) is 1. The largest absolute Gasteiger partial charge is 0.490 e. The van der Waals surface area contributed by atoms with Crippen LogP contribution < -0.4 is 10.5 Å². The van der Waals surface area contributed by atoms with E-state index in [2.05, 4.69) is 4.90 Å². The molecule has 5 nitrogen and oxygen atoms in total. The number of benzene rings is 1. The molecular formula is C14H20N2O3. The van der Waals surface area contributed by atoms with Gasteiger partial charge in [0.05, 0.1) is 11.3 Å². The number of hydrogen-bond donors (Lipinski definition) is 2. The quantitative estimate of drug-likeness (QED) is 0.793. The van der Waals surface area contributed by atoms with Gasteiger partial charge < -0.3 is 15.6 Å². The number of carboxylic acids is 1. The van der Waals surface area contributed by atoms with Crippen LogP contribution in [-0.2, 0) is 0 Å². The van der Waals surface area contributed by atoms with Crippen LogP contribution in [0.25, 0.3) is 0 Å². The molecule has 3 N–H and O–H groups in total. The molecule has 0 aromatic heterocycles. The van der Waals surface area contributed by atoms with E-state index < -0.39 is 5.97 Å². The first kappa shape index (κ1) is 13.7. The molecule has 0 atom stereocenters. The summed E-state index contributed by atoms with van der Waals surface area (Å²) >= 11 is 0. The molecule has 0 unspecified atom stereocenters. The van der Waals surface area contributed by atoms with Crippen LogP contribution in [0.2, 0.25) is 0 Å². The highest BCUT2D eigenvalue weighted by molar-refractivity contribution is 5.95. The normalized spacial score (nSPS) is 16.2. The van der Waals surface area contributed by atoms with E-state index in [-0.39, 0.29) is 11.3 Å². The Balaban J connectivity index is 1.88. The molecule has 1 aromatic carbocycles. The van der Waals surface area contributed by atoms with Gasteiger partial charge >= 0.3 is 5.97 Å². The molecule has 2 rings (SSSR count). The summed E-state index contributed by atoms with van der Waals surface area (Å²) < 4.78 is 5.60. The molecule has 104 valence electrons. The second kappa shape index (κ2) is 6.43. The summed E-state index contributed by atoms with van der Waals surface area (Å²) in [4.78, 5) is 13.3. The van der Waals surface area contributed by atoms with Gasteiger partial charge in [0.1, 0.15) is 12.4 Å². The minimum atomic E-state index is -1.03. The highest BCUT2D eigenvalue weighted by atomic mass is 16.5. The second-order valence-corrected chi connectivity index (χ2v) is 4.77. The number of nitrogen functional groups attached to an aromatic ring is 1. The Bertz CT molecular complexity index is 442. The summed E-state index contributed by atoms with van der Waals surface area (Å²) in [7, 11) is 0. The van der Waals surface area contributed by atoms with Crippen LogP contribution >= 0.6 is 0 Å². The highest BCUT2D eigenvalue weighted by Crippen LogP contribution is 2.25. The second-order valence-electron chi connectivity index (χ2n) is 4.77. The average molecular weight is 264 g/mol. The number of ether oxygens (including phenoxy) is 1. The minimum Gasteiger partial charge on any atom is -0.490 e. The number of hydrogen-bond acceptors (Lipinski definition) is 4. The lowest BCUT2D eigenvalue weighted by atomic mass is 10.1. The Kier molecular flexibility index (Phi) is 4.63. The molecule has 0 saturated carbocycles. The first-order valence-corrected chi connectivity index (χ1v) is 6.65. The fraction of sp³-hybridized carbons (Fsp3) is 0.500. The molecule has 0 bridgehead atoms. The van der Waals surface area contributed by atoms with E-state index in [1.807, 2.05) is 0 Å². The predicted molar refractivity (Wildman–Crippen MR) is 73.6 cm³/mol. The highest BCUT2D eigenvalue weighted by Gasteiger charge is 2.13. The number of aromatic carboxylic acids is 1. The van der Waals surface area contributed by atoms with Gasteiger partial charge in [-0.25, -0.2) is 4.79 Å². The van der Waals surface area contributed by atoms with Crippen molar-refractivity contribution in [2.24, 2.45) is 0 Å². The zero-order valence-corrected chi connectivity index (χ0v) is 11.0. The van der Waals surface area contributed by atoms with Crippen LogP contribution in [0, 0.1) is 0 Å². The zero-order chi connectivity index (χ0) is 13.7. The number of nitrogens with zero attached hydrogens (tertiary/aromatic N) is 1. The molecule has 0 radical (unpaired) electrons. The Morgan fingerprint density at radius 3 is 2.74 bits per heavy atom. The number of nitrogens with two attached hydrogens (primary N) is 1. The summed E-state index contributed by atoms with van der Waals surface area (Å²) in [6.07, 6.45) is 3.80. The minimum absolute atomic E-state index is 0.0930. The standard InChI is InChI=1S/C14H20N2O3/c15-13-11(14(17)18)5-4-6-12(13)19-10-9-16-7-2-1-3-8-16/h4-6H,1-3,7-10,15H2,(H,17,18). The third kappa shape index (κ3) is 3.61. The summed E-state index contributed by atoms with van der Waals surface area (Å²) in [5.74, 6) is -0.573. The van der Waals surface area contributed by atoms with Crippen molar-refractivity contribution in [1.29, 1.82) is 0 Å². The number of carboxylic acid groups (broad SMARTS) is 1. The van der Waals surface area contributed by atoms with Gasteiger partial charge in [0.15, 0.2) is 0 Å². The Hall–Kier alpha value is -1.75. The zero-order valence-electron chi connectivity index (χ0n) is 11.0. The Morgan fingerprint density at radius 2 is 2.05 bits per heavy atom. The lowest BCUT2D eigenvalue weighted by Crippen LogP contribution is -2.33. The molecule has 5 heteroatoms. The third-order valence-electron chi connectivity index (χ3n) is 3.41. The fourth-order valence-electron chi connectivity index (χ4n) is 2.32. The van der Waals surface area contributed by atoms with Gasteiger partial charge in [-0.3, -0.25) is 4.90 Å². The number of anilines is 1. The smallest absolute Gasteiger partial charge is 0.337 e. The first-order chi connectivity index (χ1) is 9.18. The maximum atomic E-state index is 11.0. The van der Waals surface area contributed by atoms with Crippen molar-refractivity contribution in [2.75, 3.05) is 32.0 Å². The maximum Gasteiger partial charge on any atom is 0.337 e. The molecule has 1 saturated heterocycles. The van der Waals surface area contributed by atoms with Crippen LogP contribution in [-0.4, -0.2) is 42.2 Å². The van der Waals surface area contributed by atoms with E-state index in [9.17, 15) is 4.79 Å². The molecule has 1 fully saturated rings. The van der Waals surface area contributed by atoms with Gasteiger partial charge in [0.25, 0.3) is 0 Å². The third-order valence-corrected chi connectivity index (χ3v) is 3.41. The van der Waals surface area contributed by atoms with Crippen molar-refractivity contribution >= 4 is 11.7 Å². The van der Waals surface area contributed by atoms with Crippen molar-refractivity contribution in [1.82, 2.24) is 4.90 Å². The predicted octanol–water partition coefficient (Wildman–Crippen LogP) is 1.83. The molecule has 1 heterocycles. The van der Waals surface area contributed by atoms with E-state index in [1.165, 1.54) is 25.3 Å². The lowest BCUT2D eigenvalue weighted by molar-refractivity contribution is 0.0697. The molecule has 1 aliphatic rings. The molecule has 1 aromatic rings. The van der Waals surface area contributed by atoms with Crippen LogP contribution in [0.3, 0.4) is 0 Å². The van der Waals surface area contributed by atoms with E-state index in [1.54, 1.807) is 12.1 Å². The van der Waals surface area contributed by atoms with Crippen molar-refractivity contribution in [3.63, 3.8) is 0 Å². The number of para-hydroxylation sites is 1. The molecule has 1 aliphatic heterocycles. The van der Waals surface area contributed by atoms with E-state index in [4.69, 9.17) is 15.6 Å². The molecule has 19 heavy (non-hydrogen) atoms. The average Bonchev–Trinajstić information content (AvgIpc) is 2.41. The lowest BCUT2D eigenvalue weighted by Gasteiger charge is -2.26. The molecule has 0 aliphatic carbocycles. The fourth-order valence-corrected chi connectivity index (χ4v) is 2.32. The van der Waals surface area contributed by atoms with Crippen molar-refractivity contribution < 1.29 is 14.6 Å². The Morgan fingerprint density at radius 1 is 1.32 bits per heavy atom. The first-order valence-electron chi connectivity index (χ1n) is 6.65. The van der Waals surface area contributed by atoms with Crippen LogP contribution in [0.15, 0.2) is 18.2 Å². The maximum absolute atomic E-state index is 11.0. The topological polar surface area (TPSA) is 75.8 Å². The molecular weight excluding hydrogens is 244 g/mol. The Labute approximate surface area is 113 Å². The summed E-state index contributed by atoms with van der Waals surface area (Å²) in [5.41, 5.74) is 6.08. The van der Waals surface area contributed by atoms with Crippen LogP contribution in [0.1, 0.15) is 29.6 Å². The van der Waals surface area contributed by atoms with Crippen LogP contribution in [0.4, 0.5) is 5.69 Å². The molecule has 0 spiro atoms. The summed E-state index contributed by atoms with van der Waals surface area (Å²) in [6.45, 7) is 3.63. The van der Waals surface area contributed by atoms with Crippen molar-refractivity contribution in [2.45, 2.75) is 19.3 Å². The van der Waals surface area contributed by atoms with E-state index in [0.29, 0.717) is 12.4 Å².